The fraction of sp³-hybridized carbons (Fsp3) is 0.348. The van der Waals surface area contributed by atoms with Crippen LogP contribution in [0.4, 0.5) is 0 Å². The average Bonchev–Trinajstić information content (AvgIpc) is 3.05. The molecule has 0 amide bonds. The monoisotopic (exact) mass is 394 g/mol. The van der Waals surface area contributed by atoms with E-state index in [2.05, 4.69) is 0 Å². The van der Waals surface area contributed by atoms with Crippen molar-refractivity contribution in [2.75, 3.05) is 0 Å². The van der Waals surface area contributed by atoms with Crippen LogP contribution in [0.3, 0.4) is 0 Å². The zero-order valence-electron chi connectivity index (χ0n) is 16.7. The quantitative estimate of drug-likeness (QED) is 0.609. The minimum atomic E-state index is -1.09. The van der Waals surface area contributed by atoms with Crippen LogP contribution in [0, 0.1) is 0 Å². The predicted octanol–water partition coefficient (Wildman–Crippen LogP) is 3.91. The molecule has 0 aliphatic carbocycles. The van der Waals surface area contributed by atoms with E-state index >= 15 is 0 Å². The molecule has 2 aliphatic heterocycles. The van der Waals surface area contributed by atoms with Crippen LogP contribution in [-0.2, 0) is 6.42 Å². The molecule has 150 valence electrons. The molecule has 0 unspecified atom stereocenters. The number of benzene rings is 2. The lowest BCUT2D eigenvalue weighted by Crippen LogP contribution is -2.39. The van der Waals surface area contributed by atoms with E-state index in [0.717, 1.165) is 0 Å². The predicted molar refractivity (Wildman–Crippen MR) is 110 cm³/mol. The first-order valence-corrected chi connectivity index (χ1v) is 9.61. The van der Waals surface area contributed by atoms with Crippen molar-refractivity contribution >= 4 is 28.0 Å². The van der Waals surface area contributed by atoms with Crippen LogP contribution in [-0.4, -0.2) is 27.5 Å². The molecule has 3 aromatic rings. The van der Waals surface area contributed by atoms with E-state index in [9.17, 15) is 15.0 Å². The fourth-order valence-corrected chi connectivity index (χ4v) is 4.04. The first-order valence-electron chi connectivity index (χ1n) is 9.61. The van der Waals surface area contributed by atoms with Crippen molar-refractivity contribution in [3.05, 3.63) is 45.6 Å². The molecule has 3 heterocycles. The van der Waals surface area contributed by atoms with E-state index in [1.54, 1.807) is 32.0 Å². The Balaban J connectivity index is 1.79. The van der Waals surface area contributed by atoms with Crippen LogP contribution in [0.15, 0.2) is 33.5 Å². The van der Waals surface area contributed by atoms with Gasteiger partial charge in [-0.3, -0.25) is 4.79 Å². The molecule has 6 nitrogen and oxygen atoms in total. The van der Waals surface area contributed by atoms with Crippen LogP contribution in [0.2, 0.25) is 0 Å². The zero-order chi connectivity index (χ0) is 20.7. The Bertz CT molecular complexity index is 1270. The molecule has 2 aliphatic rings. The van der Waals surface area contributed by atoms with E-state index in [4.69, 9.17) is 13.9 Å². The lowest BCUT2D eigenvalue weighted by molar-refractivity contribution is -0.0229. The van der Waals surface area contributed by atoms with Gasteiger partial charge in [-0.15, -0.1) is 0 Å². The summed E-state index contributed by atoms with van der Waals surface area (Å²) < 4.78 is 17.8. The van der Waals surface area contributed by atoms with Gasteiger partial charge in [-0.05, 0) is 45.9 Å². The lowest BCUT2D eigenvalue weighted by atomic mass is 9.95. The third kappa shape index (κ3) is 2.63. The van der Waals surface area contributed by atoms with Crippen LogP contribution >= 0.6 is 0 Å². The summed E-state index contributed by atoms with van der Waals surface area (Å²) in [6.07, 6.45) is 3.54. The van der Waals surface area contributed by atoms with Crippen LogP contribution in [0.1, 0.15) is 38.8 Å². The van der Waals surface area contributed by atoms with Gasteiger partial charge < -0.3 is 24.1 Å². The molecular weight excluding hydrogens is 372 g/mol. The number of aromatic hydroxyl groups is 1. The average molecular weight is 394 g/mol. The topological polar surface area (TPSA) is 89.1 Å². The molecule has 0 spiro atoms. The number of hydrogen-bond acceptors (Lipinski definition) is 6. The molecule has 0 saturated carbocycles. The Morgan fingerprint density at radius 3 is 2.62 bits per heavy atom. The summed E-state index contributed by atoms with van der Waals surface area (Å²) in [4.78, 5) is 13.4. The van der Waals surface area contributed by atoms with Crippen molar-refractivity contribution < 1.29 is 24.1 Å². The Hall–Kier alpha value is -2.99. The minimum absolute atomic E-state index is 0.114. The Kier molecular flexibility index (Phi) is 3.45. The van der Waals surface area contributed by atoms with Gasteiger partial charge in [0.2, 0.25) is 5.43 Å². The van der Waals surface area contributed by atoms with Gasteiger partial charge >= 0.3 is 0 Å². The molecule has 0 fully saturated rings. The van der Waals surface area contributed by atoms with E-state index in [-0.39, 0.29) is 22.1 Å². The number of hydrogen-bond donors (Lipinski definition) is 2. The highest BCUT2D eigenvalue weighted by molar-refractivity contribution is 5.99. The van der Waals surface area contributed by atoms with Gasteiger partial charge in [-0.25, -0.2) is 0 Å². The van der Waals surface area contributed by atoms with Gasteiger partial charge in [-0.1, -0.05) is 6.08 Å². The SMILES string of the molecule is CC1(C)C=Cc2c(ccc3oc4cc5c(c(O)c4c(=O)c23)C[C@@H](C(C)(C)O)O5)O1. The molecule has 1 atom stereocenters. The smallest absolute Gasteiger partial charge is 0.205 e. The van der Waals surface area contributed by atoms with E-state index in [1.165, 1.54) is 0 Å². The third-order valence-corrected chi connectivity index (χ3v) is 5.64. The normalized spacial score (nSPS) is 19.7. The van der Waals surface area contributed by atoms with Gasteiger partial charge in [0.05, 0.1) is 11.0 Å². The molecule has 0 saturated heterocycles. The highest BCUT2D eigenvalue weighted by atomic mass is 16.5. The molecule has 0 bridgehead atoms. The van der Waals surface area contributed by atoms with Crippen molar-refractivity contribution in [1.29, 1.82) is 0 Å². The number of fused-ring (bicyclic) bond motifs is 5. The van der Waals surface area contributed by atoms with Crippen molar-refractivity contribution in [2.24, 2.45) is 0 Å². The summed E-state index contributed by atoms with van der Waals surface area (Å²) in [5.41, 5.74) is -0.0745. The third-order valence-electron chi connectivity index (χ3n) is 5.64. The van der Waals surface area contributed by atoms with Crippen molar-refractivity contribution in [3.63, 3.8) is 0 Å². The fourth-order valence-electron chi connectivity index (χ4n) is 4.04. The maximum atomic E-state index is 13.4. The number of ether oxygens (including phenoxy) is 2. The second kappa shape index (κ2) is 5.54. The molecule has 29 heavy (non-hydrogen) atoms. The Morgan fingerprint density at radius 2 is 1.90 bits per heavy atom. The number of aliphatic hydroxyl groups is 1. The Labute approximate surface area is 167 Å². The van der Waals surface area contributed by atoms with Gasteiger partial charge in [0.25, 0.3) is 0 Å². The second-order valence-corrected chi connectivity index (χ2v) is 8.86. The van der Waals surface area contributed by atoms with Gasteiger partial charge in [0.1, 0.15) is 45.5 Å². The number of phenolic OH excluding ortho intramolecular Hbond substituents is 1. The highest BCUT2D eigenvalue weighted by Crippen LogP contribution is 2.44. The summed E-state index contributed by atoms with van der Waals surface area (Å²) in [5, 5.41) is 21.7. The number of rotatable bonds is 1. The second-order valence-electron chi connectivity index (χ2n) is 8.86. The summed E-state index contributed by atoms with van der Waals surface area (Å²) >= 11 is 0. The zero-order valence-corrected chi connectivity index (χ0v) is 16.7. The van der Waals surface area contributed by atoms with Crippen LogP contribution in [0.25, 0.3) is 28.0 Å². The van der Waals surface area contributed by atoms with Crippen LogP contribution < -0.4 is 14.9 Å². The summed E-state index contributed by atoms with van der Waals surface area (Å²) in [7, 11) is 0. The van der Waals surface area contributed by atoms with E-state index < -0.39 is 17.3 Å². The first kappa shape index (κ1) is 18.1. The molecule has 1 aromatic heterocycles. The maximum Gasteiger partial charge on any atom is 0.205 e. The molecule has 2 N–H and O–H groups in total. The summed E-state index contributed by atoms with van der Waals surface area (Å²) in [6.45, 7) is 7.18. The minimum Gasteiger partial charge on any atom is -0.507 e. The molecule has 2 aromatic carbocycles. The van der Waals surface area contributed by atoms with Crippen molar-refractivity contribution in [1.82, 2.24) is 0 Å². The van der Waals surface area contributed by atoms with Crippen LogP contribution in [0.5, 0.6) is 17.2 Å². The largest absolute Gasteiger partial charge is 0.507 e. The molecule has 6 heteroatoms. The van der Waals surface area contributed by atoms with Gasteiger partial charge in [-0.2, -0.15) is 0 Å². The molecule has 5 rings (SSSR count). The van der Waals surface area contributed by atoms with Gasteiger partial charge in [0.15, 0.2) is 0 Å². The number of phenols is 1. The van der Waals surface area contributed by atoms with Gasteiger partial charge in [0, 0.05) is 23.6 Å². The molecular formula is C23H22O6. The summed E-state index contributed by atoms with van der Waals surface area (Å²) in [5.74, 6) is 0.869. The maximum absolute atomic E-state index is 13.4. The van der Waals surface area contributed by atoms with Crippen molar-refractivity contribution in [2.45, 2.75) is 51.4 Å². The van der Waals surface area contributed by atoms with E-state index in [0.29, 0.717) is 40.0 Å². The lowest BCUT2D eigenvalue weighted by Gasteiger charge is -2.28. The highest BCUT2D eigenvalue weighted by Gasteiger charge is 2.37. The molecule has 0 radical (unpaired) electrons. The standard InChI is InChI=1S/C23H22O6/c1-22(2)8-7-11-13(29-22)5-6-14-18(11)21(25)19-16(27-14)10-15-12(20(19)24)9-17(28-15)23(3,4)26/h5-8,10,17,24,26H,9H2,1-4H3/t17-/m0/s1. The van der Waals surface area contributed by atoms with Crippen molar-refractivity contribution in [3.8, 4) is 17.2 Å². The summed E-state index contributed by atoms with van der Waals surface area (Å²) in [6, 6.07) is 5.10. The first-order chi connectivity index (χ1) is 13.5. The Morgan fingerprint density at radius 1 is 1.14 bits per heavy atom. The van der Waals surface area contributed by atoms with E-state index in [1.807, 2.05) is 26.0 Å².